The van der Waals surface area contributed by atoms with E-state index in [-0.39, 0.29) is 31.1 Å². The Morgan fingerprint density at radius 1 is 0.313 bits per heavy atom. The van der Waals surface area contributed by atoms with Crippen LogP contribution < -0.4 is 0 Å². The fourth-order valence-corrected chi connectivity index (χ4v) is 6.87. The van der Waals surface area contributed by atoms with Crippen molar-refractivity contribution in [3.05, 3.63) is 122 Å². The Morgan fingerprint density at radius 3 is 0.910 bits per heavy atom. The van der Waals surface area contributed by atoms with E-state index in [1.165, 1.54) is 12.8 Å². The van der Waals surface area contributed by atoms with Gasteiger partial charge >= 0.3 is 17.9 Å². The summed E-state index contributed by atoms with van der Waals surface area (Å²) in [4.78, 5) is 38.0. The molecule has 1 unspecified atom stereocenters. The van der Waals surface area contributed by atoms with Crippen molar-refractivity contribution < 1.29 is 28.6 Å². The van der Waals surface area contributed by atoms with Crippen molar-refractivity contribution in [3.63, 3.8) is 0 Å². The van der Waals surface area contributed by atoms with Gasteiger partial charge in [0.1, 0.15) is 13.2 Å². The van der Waals surface area contributed by atoms with E-state index in [4.69, 9.17) is 14.2 Å². The monoisotopic (exact) mass is 927 g/mol. The van der Waals surface area contributed by atoms with Crippen LogP contribution in [0.25, 0.3) is 0 Å². The lowest BCUT2D eigenvalue weighted by Gasteiger charge is -2.18. The van der Waals surface area contributed by atoms with E-state index in [0.29, 0.717) is 19.3 Å². The van der Waals surface area contributed by atoms with E-state index in [9.17, 15) is 14.4 Å². The molecule has 0 bridgehead atoms. The maximum absolute atomic E-state index is 12.8. The fraction of sp³-hybridized carbons (Fsp3) is 0.623. The predicted molar refractivity (Wildman–Crippen MR) is 288 cm³/mol. The first kappa shape index (κ1) is 62.8. The third kappa shape index (κ3) is 52.6. The van der Waals surface area contributed by atoms with Crippen LogP contribution in [-0.2, 0) is 28.6 Å². The summed E-state index contributed by atoms with van der Waals surface area (Å²) in [7, 11) is 0. The van der Waals surface area contributed by atoms with Crippen LogP contribution in [0, 0.1) is 0 Å². The Kier molecular flexibility index (Phi) is 51.0. The molecule has 0 aromatic rings. The third-order valence-electron chi connectivity index (χ3n) is 10.9. The molecule has 0 aliphatic carbocycles. The molecule has 0 heterocycles. The maximum atomic E-state index is 12.8. The van der Waals surface area contributed by atoms with E-state index in [0.717, 1.165) is 173 Å². The number of hydrogen-bond acceptors (Lipinski definition) is 6. The lowest BCUT2D eigenvalue weighted by Crippen LogP contribution is -2.30. The highest BCUT2D eigenvalue weighted by atomic mass is 16.6. The summed E-state index contributed by atoms with van der Waals surface area (Å²) in [5.41, 5.74) is 0. The summed E-state index contributed by atoms with van der Waals surface area (Å²) in [6, 6.07) is 0. The van der Waals surface area contributed by atoms with Crippen molar-refractivity contribution in [2.75, 3.05) is 13.2 Å². The second-order valence-electron chi connectivity index (χ2n) is 17.4. The molecule has 0 radical (unpaired) electrons. The van der Waals surface area contributed by atoms with Gasteiger partial charge in [0.25, 0.3) is 0 Å². The smallest absolute Gasteiger partial charge is 0.306 e. The van der Waals surface area contributed by atoms with Crippen LogP contribution in [0.5, 0.6) is 0 Å². The van der Waals surface area contributed by atoms with E-state index >= 15 is 0 Å². The molecule has 0 fully saturated rings. The van der Waals surface area contributed by atoms with Crippen molar-refractivity contribution >= 4 is 17.9 Å². The van der Waals surface area contributed by atoms with Crippen LogP contribution in [-0.4, -0.2) is 37.2 Å². The molecule has 67 heavy (non-hydrogen) atoms. The molecular weight excluding hydrogens is 829 g/mol. The van der Waals surface area contributed by atoms with Crippen LogP contribution >= 0.6 is 0 Å². The maximum Gasteiger partial charge on any atom is 0.306 e. The van der Waals surface area contributed by atoms with Crippen LogP contribution in [0.4, 0.5) is 0 Å². The van der Waals surface area contributed by atoms with E-state index in [1.807, 2.05) is 0 Å². The van der Waals surface area contributed by atoms with Gasteiger partial charge in [0.15, 0.2) is 6.10 Å². The highest BCUT2D eigenvalue weighted by Gasteiger charge is 2.19. The molecule has 0 N–H and O–H groups in total. The number of rotatable bonds is 47. The topological polar surface area (TPSA) is 78.9 Å². The van der Waals surface area contributed by atoms with Gasteiger partial charge in [-0.05, 0) is 122 Å². The average molecular weight is 927 g/mol. The summed E-state index contributed by atoms with van der Waals surface area (Å²) in [5.74, 6) is -0.962. The van der Waals surface area contributed by atoms with Gasteiger partial charge in [-0.3, -0.25) is 14.4 Å². The molecule has 378 valence electrons. The first-order valence-corrected chi connectivity index (χ1v) is 27.0. The Hall–Kier alpha value is -4.19. The summed E-state index contributed by atoms with van der Waals surface area (Å²) in [5, 5.41) is 0. The van der Waals surface area contributed by atoms with Gasteiger partial charge in [-0.25, -0.2) is 0 Å². The number of carbonyl (C=O) groups excluding carboxylic acids is 3. The Morgan fingerprint density at radius 2 is 0.582 bits per heavy atom. The van der Waals surface area contributed by atoms with E-state index in [2.05, 4.69) is 142 Å². The number of allylic oxidation sites excluding steroid dienone is 20. The minimum atomic E-state index is -0.805. The van der Waals surface area contributed by atoms with Crippen molar-refractivity contribution in [2.24, 2.45) is 0 Å². The molecule has 0 spiro atoms. The van der Waals surface area contributed by atoms with Crippen LogP contribution in [0.1, 0.15) is 226 Å². The highest BCUT2D eigenvalue weighted by molar-refractivity contribution is 5.71. The van der Waals surface area contributed by atoms with Gasteiger partial charge in [-0.2, -0.15) is 0 Å². The number of esters is 3. The molecule has 6 nitrogen and oxygen atoms in total. The summed E-state index contributed by atoms with van der Waals surface area (Å²) in [6.07, 6.45) is 74.7. The average Bonchev–Trinajstić information content (AvgIpc) is 3.33. The predicted octanol–water partition coefficient (Wildman–Crippen LogP) is 18.1. The van der Waals surface area contributed by atoms with Gasteiger partial charge < -0.3 is 14.2 Å². The SMILES string of the molecule is CC/C=C\C/C=C\C/C=C\C/C=C\C/C=C\C/C=C\CCCCCCC(=O)OCC(COC(=O)CCCCCCC/C=C\C/C=C\CCC)OC(=O)CCCCCCC/C=C\C/C=C\CCC. The Bertz CT molecular complexity index is 1440. The van der Waals surface area contributed by atoms with E-state index in [1.54, 1.807) is 0 Å². The summed E-state index contributed by atoms with van der Waals surface area (Å²) >= 11 is 0. The number of carbonyl (C=O) groups is 3. The zero-order valence-corrected chi connectivity index (χ0v) is 43.1. The number of unbranched alkanes of at least 4 members (excludes halogenated alkanes) is 16. The molecule has 0 rings (SSSR count). The fourth-order valence-electron chi connectivity index (χ4n) is 6.87. The standard InChI is InChI=1S/C61H98O6/c1-4-7-10-13-16-19-22-25-26-27-28-29-30-31-32-33-34-37-39-42-45-48-51-54-60(63)66-57-58(67-61(64)55-52-49-46-43-40-36-24-21-18-15-12-9-6-3)56-65-59(62)53-50-47-44-41-38-35-23-20-17-14-11-8-5-2/h7,10-12,14-16,19-21,23-26,28-29,31-32,34,37,58H,4-6,8-9,13,17-18,22,27,30,33,35-36,38-57H2,1-3H3/b10-7-,14-11-,15-12-,19-16-,23-20-,24-21-,26-25-,29-28-,32-31-,37-34-. The molecule has 0 aromatic carbocycles. The quantitative estimate of drug-likeness (QED) is 0.0262. The lowest BCUT2D eigenvalue weighted by molar-refractivity contribution is -0.167. The van der Waals surface area contributed by atoms with Crippen LogP contribution in [0.15, 0.2) is 122 Å². The Balaban J connectivity index is 4.44. The van der Waals surface area contributed by atoms with Gasteiger partial charge in [0.05, 0.1) is 0 Å². The van der Waals surface area contributed by atoms with Crippen LogP contribution in [0.3, 0.4) is 0 Å². The number of ether oxygens (including phenoxy) is 3. The molecule has 0 aliphatic heterocycles. The third-order valence-corrected chi connectivity index (χ3v) is 10.9. The highest BCUT2D eigenvalue weighted by Crippen LogP contribution is 2.13. The van der Waals surface area contributed by atoms with Crippen molar-refractivity contribution in [1.29, 1.82) is 0 Å². The zero-order valence-electron chi connectivity index (χ0n) is 43.1. The van der Waals surface area contributed by atoms with Gasteiger partial charge in [0.2, 0.25) is 0 Å². The Labute approximate surface area is 412 Å². The van der Waals surface area contributed by atoms with Crippen molar-refractivity contribution in [1.82, 2.24) is 0 Å². The van der Waals surface area contributed by atoms with Crippen molar-refractivity contribution in [3.8, 4) is 0 Å². The second kappa shape index (κ2) is 54.4. The molecule has 0 saturated carbocycles. The zero-order chi connectivity index (χ0) is 48.6. The van der Waals surface area contributed by atoms with Crippen LogP contribution in [0.2, 0.25) is 0 Å². The molecule has 1 atom stereocenters. The van der Waals surface area contributed by atoms with Crippen molar-refractivity contribution in [2.45, 2.75) is 232 Å². The molecule has 0 aromatic heterocycles. The van der Waals surface area contributed by atoms with E-state index < -0.39 is 6.10 Å². The van der Waals surface area contributed by atoms with Gasteiger partial charge in [0, 0.05) is 19.3 Å². The summed E-state index contributed by atoms with van der Waals surface area (Å²) < 4.78 is 16.8. The lowest BCUT2D eigenvalue weighted by atomic mass is 10.1. The molecule has 6 heteroatoms. The number of hydrogen-bond donors (Lipinski definition) is 0. The minimum Gasteiger partial charge on any atom is -0.462 e. The van der Waals surface area contributed by atoms with Gasteiger partial charge in [-0.1, -0.05) is 206 Å². The first-order chi connectivity index (χ1) is 33.0. The second-order valence-corrected chi connectivity index (χ2v) is 17.4. The van der Waals surface area contributed by atoms with Gasteiger partial charge in [-0.15, -0.1) is 0 Å². The summed E-state index contributed by atoms with van der Waals surface area (Å²) in [6.45, 7) is 6.33. The molecule has 0 amide bonds. The first-order valence-electron chi connectivity index (χ1n) is 27.0. The normalized spacial score (nSPS) is 13.1. The molecule has 0 aliphatic rings. The molecule has 0 saturated heterocycles. The minimum absolute atomic E-state index is 0.103. The molecular formula is C61H98O6. The largest absolute Gasteiger partial charge is 0.462 e.